The molecule has 19 heavy (non-hydrogen) atoms. The van der Waals surface area contributed by atoms with Gasteiger partial charge >= 0.3 is 0 Å². The van der Waals surface area contributed by atoms with Gasteiger partial charge in [0.25, 0.3) is 10.0 Å². The quantitative estimate of drug-likeness (QED) is 0.848. The third-order valence-electron chi connectivity index (χ3n) is 3.53. The monoisotopic (exact) mass is 349 g/mol. The van der Waals surface area contributed by atoms with Crippen molar-refractivity contribution in [3.05, 3.63) is 12.0 Å². The Balaban J connectivity index is 2.30. The molecule has 5 nitrogen and oxygen atoms in total. The van der Waals surface area contributed by atoms with E-state index in [0.29, 0.717) is 24.1 Å². The lowest BCUT2D eigenvalue weighted by Gasteiger charge is -2.26. The molecule has 1 atom stereocenters. The van der Waals surface area contributed by atoms with Crippen molar-refractivity contribution >= 4 is 26.0 Å². The zero-order valence-electron chi connectivity index (χ0n) is 11.1. The van der Waals surface area contributed by atoms with Crippen LogP contribution < -0.4 is 0 Å². The van der Waals surface area contributed by atoms with Crippen molar-refractivity contribution < 1.29 is 8.42 Å². The first kappa shape index (κ1) is 15.0. The Morgan fingerprint density at radius 1 is 1.47 bits per heavy atom. The first-order chi connectivity index (χ1) is 9.09. The summed E-state index contributed by atoms with van der Waals surface area (Å²) in [5.41, 5.74) is 0. The van der Waals surface area contributed by atoms with Crippen LogP contribution in [0.15, 0.2) is 11.2 Å². The van der Waals surface area contributed by atoms with Gasteiger partial charge in [0.2, 0.25) is 0 Å². The van der Waals surface area contributed by atoms with Crippen molar-refractivity contribution in [1.82, 2.24) is 14.3 Å². The highest BCUT2D eigenvalue weighted by Gasteiger charge is 2.32. The van der Waals surface area contributed by atoms with Crippen LogP contribution in [-0.4, -0.2) is 40.6 Å². The number of H-pyrrole nitrogens is 1. The van der Waals surface area contributed by atoms with E-state index in [9.17, 15) is 8.42 Å². The molecule has 7 heteroatoms. The highest BCUT2D eigenvalue weighted by molar-refractivity contribution is 9.09. The van der Waals surface area contributed by atoms with E-state index < -0.39 is 10.0 Å². The molecule has 1 N–H and O–H groups in total. The molecule has 1 aliphatic rings. The van der Waals surface area contributed by atoms with Gasteiger partial charge in [-0.2, -0.15) is 4.31 Å². The lowest BCUT2D eigenvalue weighted by atomic mass is 10.1. The molecule has 1 aliphatic heterocycles. The number of rotatable bonds is 4. The number of aryl methyl sites for hydroxylation is 1. The maximum atomic E-state index is 12.7. The molecule has 108 valence electrons. The molecule has 2 heterocycles. The van der Waals surface area contributed by atoms with E-state index >= 15 is 0 Å². The van der Waals surface area contributed by atoms with E-state index in [2.05, 4.69) is 25.9 Å². The van der Waals surface area contributed by atoms with E-state index in [-0.39, 0.29) is 11.1 Å². The van der Waals surface area contributed by atoms with Crippen LogP contribution in [0.2, 0.25) is 0 Å². The first-order valence-electron chi connectivity index (χ1n) is 6.71. The standard InChI is InChI=1S/C12H20BrN3O2S/c1-2-11-14-9-12(15-11)19(17,18)16-7-5-3-4-6-10(16)8-13/h9-10H,2-8H2,1H3,(H,14,15). The van der Waals surface area contributed by atoms with Gasteiger partial charge in [-0.15, -0.1) is 0 Å². The summed E-state index contributed by atoms with van der Waals surface area (Å²) < 4.78 is 27.0. The summed E-state index contributed by atoms with van der Waals surface area (Å²) in [7, 11) is -3.45. The van der Waals surface area contributed by atoms with Crippen LogP contribution in [0.4, 0.5) is 0 Å². The minimum Gasteiger partial charge on any atom is -0.332 e. The van der Waals surface area contributed by atoms with Gasteiger partial charge in [-0.3, -0.25) is 0 Å². The fourth-order valence-electron chi connectivity index (χ4n) is 2.40. The Morgan fingerprint density at radius 3 is 2.89 bits per heavy atom. The maximum Gasteiger partial charge on any atom is 0.260 e. The maximum absolute atomic E-state index is 12.7. The summed E-state index contributed by atoms with van der Waals surface area (Å²) >= 11 is 3.44. The number of sulfonamides is 1. The lowest BCUT2D eigenvalue weighted by molar-refractivity contribution is 0.346. The van der Waals surface area contributed by atoms with Gasteiger partial charge < -0.3 is 4.98 Å². The molecule has 1 aromatic rings. The Morgan fingerprint density at radius 2 is 2.26 bits per heavy atom. The van der Waals surface area contributed by atoms with Gasteiger partial charge in [0.15, 0.2) is 5.03 Å². The molecule has 1 saturated heterocycles. The van der Waals surface area contributed by atoms with E-state index in [1.165, 1.54) is 6.20 Å². The van der Waals surface area contributed by atoms with E-state index in [4.69, 9.17) is 0 Å². The Hall–Kier alpha value is -0.400. The molecule has 0 bridgehead atoms. The number of halogens is 1. The fourth-order valence-corrected chi connectivity index (χ4v) is 4.89. The van der Waals surface area contributed by atoms with Gasteiger partial charge in [0, 0.05) is 24.3 Å². The molecule has 0 radical (unpaired) electrons. The number of hydrogen-bond donors (Lipinski definition) is 1. The minimum absolute atomic E-state index is 0.0425. The van der Waals surface area contributed by atoms with Crippen LogP contribution >= 0.6 is 15.9 Å². The largest absolute Gasteiger partial charge is 0.332 e. The molecule has 1 fully saturated rings. The van der Waals surface area contributed by atoms with Crippen LogP contribution in [0.5, 0.6) is 0 Å². The van der Waals surface area contributed by atoms with Crippen molar-refractivity contribution in [2.75, 3.05) is 11.9 Å². The number of aromatic amines is 1. The SMILES string of the molecule is CCc1ncc(S(=O)(=O)N2CCCCCC2CBr)[nH]1. The number of hydrogen-bond acceptors (Lipinski definition) is 3. The summed E-state index contributed by atoms with van der Waals surface area (Å²) in [6.45, 7) is 2.54. The predicted molar refractivity (Wildman–Crippen MR) is 77.9 cm³/mol. The van der Waals surface area contributed by atoms with Gasteiger partial charge in [0.05, 0.1) is 6.20 Å². The third kappa shape index (κ3) is 3.20. The van der Waals surface area contributed by atoms with Crippen LogP contribution in [0.25, 0.3) is 0 Å². The molecule has 2 rings (SSSR count). The molecule has 0 aromatic carbocycles. The molecule has 0 spiro atoms. The smallest absolute Gasteiger partial charge is 0.260 e. The van der Waals surface area contributed by atoms with Gasteiger partial charge in [0.1, 0.15) is 5.82 Å². The molecular formula is C12H20BrN3O2S. The van der Waals surface area contributed by atoms with Crippen LogP contribution in [0, 0.1) is 0 Å². The number of nitrogens with one attached hydrogen (secondary N) is 1. The summed E-state index contributed by atoms with van der Waals surface area (Å²) in [6, 6.07) is 0.0425. The predicted octanol–water partition coefficient (Wildman–Crippen LogP) is 2.30. The second-order valence-corrected chi connectivity index (χ2v) is 7.33. The molecule has 0 amide bonds. The summed E-state index contributed by atoms with van der Waals surface area (Å²) in [6.07, 6.45) is 6.17. The average Bonchev–Trinajstić information content (AvgIpc) is 2.76. The summed E-state index contributed by atoms with van der Waals surface area (Å²) in [5.74, 6) is 0.712. The topological polar surface area (TPSA) is 66.1 Å². The molecule has 1 unspecified atom stereocenters. The zero-order valence-corrected chi connectivity index (χ0v) is 13.5. The van der Waals surface area contributed by atoms with Crippen LogP contribution in [-0.2, 0) is 16.4 Å². The van der Waals surface area contributed by atoms with E-state index in [0.717, 1.165) is 25.7 Å². The second-order valence-electron chi connectivity index (χ2n) is 4.82. The van der Waals surface area contributed by atoms with Crippen LogP contribution in [0.3, 0.4) is 0 Å². The van der Waals surface area contributed by atoms with Crippen molar-refractivity contribution in [1.29, 1.82) is 0 Å². The second kappa shape index (κ2) is 6.37. The van der Waals surface area contributed by atoms with Crippen molar-refractivity contribution in [2.45, 2.75) is 50.1 Å². The minimum atomic E-state index is -3.45. The average molecular weight is 350 g/mol. The molecule has 1 aromatic heterocycles. The Labute approximate surface area is 123 Å². The summed E-state index contributed by atoms with van der Waals surface area (Å²) in [5, 5.41) is 0.901. The van der Waals surface area contributed by atoms with Gasteiger partial charge in [-0.1, -0.05) is 35.7 Å². The molecular weight excluding hydrogens is 330 g/mol. The molecule has 0 saturated carbocycles. The van der Waals surface area contributed by atoms with Crippen molar-refractivity contribution in [3.8, 4) is 0 Å². The van der Waals surface area contributed by atoms with E-state index in [1.54, 1.807) is 4.31 Å². The lowest BCUT2D eigenvalue weighted by Crippen LogP contribution is -2.41. The zero-order chi connectivity index (χ0) is 13.9. The van der Waals surface area contributed by atoms with Crippen LogP contribution in [0.1, 0.15) is 38.4 Å². The number of nitrogens with zero attached hydrogens (tertiary/aromatic N) is 2. The Bertz CT molecular complexity index is 515. The number of alkyl halides is 1. The highest BCUT2D eigenvalue weighted by Crippen LogP contribution is 2.25. The normalized spacial score (nSPS) is 22.3. The fraction of sp³-hybridized carbons (Fsp3) is 0.750. The van der Waals surface area contributed by atoms with Crippen molar-refractivity contribution in [3.63, 3.8) is 0 Å². The highest BCUT2D eigenvalue weighted by atomic mass is 79.9. The first-order valence-corrected chi connectivity index (χ1v) is 9.27. The van der Waals surface area contributed by atoms with Gasteiger partial charge in [-0.05, 0) is 12.8 Å². The third-order valence-corrected chi connectivity index (χ3v) is 6.14. The molecule has 0 aliphatic carbocycles. The van der Waals surface area contributed by atoms with E-state index in [1.807, 2.05) is 6.92 Å². The summed E-state index contributed by atoms with van der Waals surface area (Å²) in [4.78, 5) is 7.01. The number of aromatic nitrogens is 2. The van der Waals surface area contributed by atoms with Gasteiger partial charge in [-0.25, -0.2) is 13.4 Å². The van der Waals surface area contributed by atoms with Crippen molar-refractivity contribution in [2.24, 2.45) is 0 Å². The number of imidazole rings is 1. The Kier molecular flexibility index (Phi) is 5.03.